The Bertz CT molecular complexity index is 775. The SMILES string of the molecule is Clc1ccc2c(N/N=C/[C]3[CH][CH][CH][C]3CN3CCOCC3)ccnc2c1. The molecule has 4 rings (SSSR count). The first-order chi connectivity index (χ1) is 12.8. The predicted octanol–water partition coefficient (Wildman–Crippen LogP) is 3.39. The summed E-state index contributed by atoms with van der Waals surface area (Å²) in [7, 11) is 0. The Morgan fingerprint density at radius 1 is 1.23 bits per heavy atom. The zero-order valence-electron chi connectivity index (χ0n) is 14.4. The van der Waals surface area contributed by atoms with Crippen LogP contribution in [0.2, 0.25) is 5.02 Å². The molecule has 0 unspecified atom stereocenters. The van der Waals surface area contributed by atoms with E-state index in [2.05, 4.69) is 39.7 Å². The molecule has 2 fully saturated rings. The summed E-state index contributed by atoms with van der Waals surface area (Å²) in [5, 5.41) is 6.10. The number of nitrogens with one attached hydrogen (secondary N) is 1. The predicted molar refractivity (Wildman–Crippen MR) is 106 cm³/mol. The van der Waals surface area contributed by atoms with Crippen LogP contribution in [0.4, 0.5) is 5.69 Å². The van der Waals surface area contributed by atoms with Crippen molar-refractivity contribution in [2.24, 2.45) is 5.10 Å². The Balaban J connectivity index is 1.40. The van der Waals surface area contributed by atoms with Crippen molar-refractivity contribution in [2.75, 3.05) is 38.3 Å². The summed E-state index contributed by atoms with van der Waals surface area (Å²) in [5.41, 5.74) is 4.88. The van der Waals surface area contributed by atoms with Crippen LogP contribution in [0.15, 0.2) is 35.6 Å². The van der Waals surface area contributed by atoms with Crippen LogP contribution in [0.3, 0.4) is 0 Å². The number of nitrogens with zero attached hydrogens (tertiary/aromatic N) is 3. The third-order valence-corrected chi connectivity index (χ3v) is 4.77. The van der Waals surface area contributed by atoms with Gasteiger partial charge < -0.3 is 4.74 Å². The Kier molecular flexibility index (Phi) is 5.68. The van der Waals surface area contributed by atoms with Gasteiger partial charge in [-0.15, -0.1) is 0 Å². The third-order valence-electron chi connectivity index (χ3n) is 4.54. The normalized spacial score (nSPS) is 20.3. The summed E-state index contributed by atoms with van der Waals surface area (Å²) >= 11 is 6.04. The molecule has 1 saturated heterocycles. The Hall–Kier alpha value is -1.69. The van der Waals surface area contributed by atoms with E-state index in [-0.39, 0.29) is 0 Å². The van der Waals surface area contributed by atoms with Crippen LogP contribution in [0.5, 0.6) is 0 Å². The maximum absolute atomic E-state index is 6.04. The number of morpholine rings is 1. The van der Waals surface area contributed by atoms with Crippen LogP contribution in [0.25, 0.3) is 10.9 Å². The van der Waals surface area contributed by atoms with E-state index in [1.54, 1.807) is 6.20 Å². The molecule has 2 aromatic rings. The van der Waals surface area contributed by atoms with E-state index in [1.807, 2.05) is 30.5 Å². The molecule has 2 heterocycles. The van der Waals surface area contributed by atoms with E-state index in [9.17, 15) is 0 Å². The van der Waals surface area contributed by atoms with Crippen LogP contribution in [-0.4, -0.2) is 48.9 Å². The van der Waals surface area contributed by atoms with Crippen LogP contribution >= 0.6 is 11.6 Å². The van der Waals surface area contributed by atoms with E-state index in [0.29, 0.717) is 5.02 Å². The Morgan fingerprint density at radius 3 is 3.00 bits per heavy atom. The van der Waals surface area contributed by atoms with Crippen molar-refractivity contribution in [1.82, 2.24) is 9.88 Å². The minimum Gasteiger partial charge on any atom is -0.379 e. The molecule has 2 aliphatic rings. The van der Waals surface area contributed by atoms with Gasteiger partial charge >= 0.3 is 0 Å². The van der Waals surface area contributed by atoms with Crippen LogP contribution in [-0.2, 0) is 4.74 Å². The smallest absolute Gasteiger partial charge is 0.0738 e. The molecule has 1 aliphatic heterocycles. The average molecular weight is 368 g/mol. The zero-order valence-corrected chi connectivity index (χ0v) is 15.1. The fraction of sp³-hybridized carbons (Fsp3) is 0.250. The molecule has 5 nitrogen and oxygen atoms in total. The van der Waals surface area contributed by atoms with Crippen molar-refractivity contribution in [1.29, 1.82) is 0 Å². The summed E-state index contributed by atoms with van der Waals surface area (Å²) in [6.45, 7) is 4.50. The number of halogens is 1. The first-order valence-electron chi connectivity index (χ1n) is 8.67. The number of pyridine rings is 1. The summed E-state index contributed by atoms with van der Waals surface area (Å²) in [4.78, 5) is 6.75. The monoisotopic (exact) mass is 367 g/mol. The molecule has 1 saturated carbocycles. The van der Waals surface area contributed by atoms with Gasteiger partial charge in [0.15, 0.2) is 0 Å². The van der Waals surface area contributed by atoms with E-state index in [0.717, 1.165) is 55.4 Å². The van der Waals surface area contributed by atoms with Gasteiger partial charge in [-0.05, 0) is 43.5 Å². The van der Waals surface area contributed by atoms with Crippen molar-refractivity contribution in [2.45, 2.75) is 0 Å². The number of rotatable bonds is 5. The molecule has 133 valence electrons. The van der Waals surface area contributed by atoms with E-state index >= 15 is 0 Å². The lowest BCUT2D eigenvalue weighted by atomic mass is 9.96. The molecule has 0 amide bonds. The number of anilines is 1. The molecule has 26 heavy (non-hydrogen) atoms. The zero-order chi connectivity index (χ0) is 17.8. The number of hydrazone groups is 1. The molecule has 1 aromatic heterocycles. The second-order valence-corrected chi connectivity index (χ2v) is 6.72. The maximum atomic E-state index is 6.04. The van der Waals surface area contributed by atoms with Gasteiger partial charge in [-0.25, -0.2) is 0 Å². The standard InChI is InChI=1S/C20H20ClN4O/c21-17-4-5-18-19(6-7-22-20(18)12-17)24-23-13-15-2-1-3-16(15)14-25-8-10-26-11-9-25/h1-7,12-13H,8-11,14H2,(H,22,24)/b23-13+. The molecule has 5 radical (unpaired) electrons. The first kappa shape index (κ1) is 17.7. The molecule has 1 aromatic carbocycles. The highest BCUT2D eigenvalue weighted by Gasteiger charge is 2.30. The highest BCUT2D eigenvalue weighted by molar-refractivity contribution is 6.31. The third kappa shape index (κ3) is 4.17. The number of fused-ring (bicyclic) bond motifs is 1. The minimum absolute atomic E-state index is 0.676. The number of hydrogen-bond donors (Lipinski definition) is 1. The second-order valence-electron chi connectivity index (χ2n) is 6.28. The lowest BCUT2D eigenvalue weighted by molar-refractivity contribution is 0.0407. The topological polar surface area (TPSA) is 49.8 Å². The number of benzene rings is 1. The van der Waals surface area contributed by atoms with E-state index in [4.69, 9.17) is 16.3 Å². The van der Waals surface area contributed by atoms with Crippen molar-refractivity contribution >= 4 is 34.4 Å². The van der Waals surface area contributed by atoms with E-state index < -0.39 is 0 Å². The molecular weight excluding hydrogens is 348 g/mol. The molecule has 6 heteroatoms. The van der Waals surface area contributed by atoms with Crippen LogP contribution in [0.1, 0.15) is 0 Å². The number of ether oxygens (including phenoxy) is 1. The number of hydrogen-bond acceptors (Lipinski definition) is 5. The molecular formula is C20H20ClN4O. The van der Waals surface area contributed by atoms with Gasteiger partial charge in [0.2, 0.25) is 0 Å². The highest BCUT2D eigenvalue weighted by atomic mass is 35.5. The molecule has 0 spiro atoms. The van der Waals surface area contributed by atoms with Crippen LogP contribution in [0, 0.1) is 31.1 Å². The molecule has 0 atom stereocenters. The van der Waals surface area contributed by atoms with Crippen molar-refractivity contribution < 1.29 is 4.74 Å². The lowest BCUT2D eigenvalue weighted by Gasteiger charge is -2.29. The number of aromatic nitrogens is 1. The lowest BCUT2D eigenvalue weighted by Crippen LogP contribution is -2.39. The summed E-state index contributed by atoms with van der Waals surface area (Å²) in [5.74, 6) is 2.41. The van der Waals surface area contributed by atoms with Crippen molar-refractivity contribution in [3.8, 4) is 0 Å². The molecule has 1 aliphatic carbocycles. The fourth-order valence-corrected chi connectivity index (χ4v) is 3.30. The van der Waals surface area contributed by atoms with Gasteiger partial charge in [0.05, 0.1) is 24.4 Å². The van der Waals surface area contributed by atoms with Gasteiger partial charge in [0, 0.05) is 54.3 Å². The molecule has 0 bridgehead atoms. The van der Waals surface area contributed by atoms with Gasteiger partial charge in [0.1, 0.15) is 0 Å². The maximum Gasteiger partial charge on any atom is 0.0738 e. The first-order valence-corrected chi connectivity index (χ1v) is 9.05. The summed E-state index contributed by atoms with van der Waals surface area (Å²) in [6.07, 6.45) is 9.94. The van der Waals surface area contributed by atoms with Crippen molar-refractivity contribution in [3.05, 3.63) is 66.6 Å². The van der Waals surface area contributed by atoms with Gasteiger partial charge in [-0.1, -0.05) is 11.6 Å². The quantitative estimate of drug-likeness (QED) is 0.650. The summed E-state index contributed by atoms with van der Waals surface area (Å²) < 4.78 is 5.41. The van der Waals surface area contributed by atoms with Crippen molar-refractivity contribution in [3.63, 3.8) is 0 Å². The average Bonchev–Trinajstić information content (AvgIpc) is 3.09. The Morgan fingerprint density at radius 2 is 2.12 bits per heavy atom. The second kappa shape index (κ2) is 8.33. The fourth-order valence-electron chi connectivity index (χ4n) is 3.13. The largest absolute Gasteiger partial charge is 0.379 e. The Labute approximate surface area is 159 Å². The van der Waals surface area contributed by atoms with E-state index in [1.165, 1.54) is 5.92 Å². The molecule has 1 N–H and O–H groups in total. The van der Waals surface area contributed by atoms with Gasteiger partial charge in [-0.2, -0.15) is 5.10 Å². The van der Waals surface area contributed by atoms with Gasteiger partial charge in [0.25, 0.3) is 0 Å². The summed E-state index contributed by atoms with van der Waals surface area (Å²) in [6, 6.07) is 7.57. The van der Waals surface area contributed by atoms with Gasteiger partial charge in [-0.3, -0.25) is 15.3 Å². The highest BCUT2D eigenvalue weighted by Crippen LogP contribution is 2.32. The minimum atomic E-state index is 0.676. The van der Waals surface area contributed by atoms with Crippen LogP contribution < -0.4 is 5.43 Å².